The number of rotatable bonds is 2. The molecule has 2 aromatic rings. The number of nitrogens with zero attached hydrogens (tertiary/aromatic N) is 2. The third kappa shape index (κ3) is 1.88. The van der Waals surface area contributed by atoms with Gasteiger partial charge in [0.05, 0.1) is 12.8 Å². The largest absolute Gasteiger partial charge is 0.495 e. The highest BCUT2D eigenvalue weighted by molar-refractivity contribution is 5.66. The van der Waals surface area contributed by atoms with Crippen LogP contribution < -0.4 is 10.5 Å². The molecule has 0 saturated carbocycles. The molecule has 4 nitrogen and oxygen atoms in total. The quantitative estimate of drug-likeness (QED) is 0.752. The molecule has 0 amide bonds. The van der Waals surface area contributed by atoms with Gasteiger partial charge in [-0.3, -0.25) is 0 Å². The molecule has 0 aliphatic rings. The lowest BCUT2D eigenvalue weighted by atomic mass is 10.2. The number of nitrogen functional groups attached to an aromatic ring is 1. The van der Waals surface area contributed by atoms with E-state index in [0.717, 1.165) is 5.56 Å². The molecule has 1 heterocycles. The number of hydrogen-bond acceptors (Lipinski definition) is 4. The van der Waals surface area contributed by atoms with Crippen molar-refractivity contribution < 1.29 is 4.74 Å². The van der Waals surface area contributed by atoms with E-state index < -0.39 is 0 Å². The molecule has 0 atom stereocenters. The van der Waals surface area contributed by atoms with E-state index in [1.165, 1.54) is 0 Å². The van der Waals surface area contributed by atoms with Gasteiger partial charge in [0.25, 0.3) is 0 Å². The molecule has 4 heteroatoms. The summed E-state index contributed by atoms with van der Waals surface area (Å²) in [7, 11) is 1.59. The highest BCUT2D eigenvalue weighted by Crippen LogP contribution is 2.25. The molecule has 1 aromatic carbocycles. The summed E-state index contributed by atoms with van der Waals surface area (Å²) < 4.78 is 5.07. The summed E-state index contributed by atoms with van der Waals surface area (Å²) >= 11 is 0. The van der Waals surface area contributed by atoms with Gasteiger partial charge in [-0.25, -0.2) is 9.97 Å². The molecule has 1 aromatic heterocycles. The lowest BCUT2D eigenvalue weighted by molar-refractivity contribution is 0.417. The molecule has 0 aliphatic carbocycles. The molecule has 0 spiro atoms. The molecular formula is C11H11N3O. The number of hydrogen-bond donors (Lipinski definition) is 1. The lowest BCUT2D eigenvalue weighted by Gasteiger charge is -2.05. The van der Waals surface area contributed by atoms with Crippen LogP contribution in [0.15, 0.2) is 36.7 Å². The van der Waals surface area contributed by atoms with Gasteiger partial charge in [-0.15, -0.1) is 0 Å². The fourth-order valence-electron chi connectivity index (χ4n) is 1.32. The van der Waals surface area contributed by atoms with E-state index in [0.29, 0.717) is 17.3 Å². The fraction of sp³-hybridized carbons (Fsp3) is 0.0909. The second kappa shape index (κ2) is 3.96. The standard InChI is InChI=1S/C11H11N3O/c1-15-10-4-3-8(7-9(10)12)11-13-5-2-6-14-11/h2-7H,12H2,1H3. The van der Waals surface area contributed by atoms with Gasteiger partial charge >= 0.3 is 0 Å². The van der Waals surface area contributed by atoms with Gasteiger partial charge in [0.15, 0.2) is 5.82 Å². The zero-order chi connectivity index (χ0) is 10.7. The van der Waals surface area contributed by atoms with Crippen molar-refractivity contribution in [2.45, 2.75) is 0 Å². The number of anilines is 1. The van der Waals surface area contributed by atoms with Crippen molar-refractivity contribution >= 4 is 5.69 Å². The summed E-state index contributed by atoms with van der Waals surface area (Å²) in [5.41, 5.74) is 7.26. The third-order valence-electron chi connectivity index (χ3n) is 2.05. The highest BCUT2D eigenvalue weighted by atomic mass is 16.5. The minimum Gasteiger partial charge on any atom is -0.495 e. The number of benzene rings is 1. The van der Waals surface area contributed by atoms with Crippen molar-refractivity contribution in [2.75, 3.05) is 12.8 Å². The Morgan fingerprint density at radius 2 is 1.93 bits per heavy atom. The van der Waals surface area contributed by atoms with Crippen LogP contribution in [0.3, 0.4) is 0 Å². The molecule has 0 bridgehead atoms. The summed E-state index contributed by atoms with van der Waals surface area (Å²) in [5.74, 6) is 1.32. The Morgan fingerprint density at radius 3 is 2.53 bits per heavy atom. The van der Waals surface area contributed by atoms with E-state index in [1.807, 2.05) is 6.07 Å². The maximum atomic E-state index is 5.79. The Labute approximate surface area is 87.7 Å². The molecule has 2 rings (SSSR count). The van der Waals surface area contributed by atoms with Gasteiger partial charge in [0, 0.05) is 18.0 Å². The Balaban J connectivity index is 2.43. The smallest absolute Gasteiger partial charge is 0.159 e. The highest BCUT2D eigenvalue weighted by Gasteiger charge is 2.03. The van der Waals surface area contributed by atoms with Crippen LogP contribution in [0.1, 0.15) is 0 Å². The first-order valence-corrected chi connectivity index (χ1v) is 4.52. The van der Waals surface area contributed by atoms with Crippen LogP contribution in [-0.4, -0.2) is 17.1 Å². The van der Waals surface area contributed by atoms with Gasteiger partial charge in [-0.1, -0.05) is 0 Å². The van der Waals surface area contributed by atoms with Crippen molar-refractivity contribution in [1.82, 2.24) is 9.97 Å². The first-order valence-electron chi connectivity index (χ1n) is 4.52. The van der Waals surface area contributed by atoms with Crippen molar-refractivity contribution in [2.24, 2.45) is 0 Å². The normalized spacial score (nSPS) is 9.93. The second-order valence-corrected chi connectivity index (χ2v) is 3.03. The summed E-state index contributed by atoms with van der Waals surface area (Å²) in [5, 5.41) is 0. The van der Waals surface area contributed by atoms with Crippen molar-refractivity contribution in [3.05, 3.63) is 36.7 Å². The molecule has 0 fully saturated rings. The average molecular weight is 201 g/mol. The van der Waals surface area contributed by atoms with Crippen LogP contribution in [0.5, 0.6) is 5.75 Å². The molecule has 0 saturated heterocycles. The number of nitrogens with two attached hydrogens (primary N) is 1. The van der Waals surface area contributed by atoms with Crippen molar-refractivity contribution in [3.63, 3.8) is 0 Å². The first-order chi connectivity index (χ1) is 7.31. The van der Waals surface area contributed by atoms with E-state index in [4.69, 9.17) is 10.5 Å². The molecule has 0 radical (unpaired) electrons. The van der Waals surface area contributed by atoms with Crippen LogP contribution in [0.4, 0.5) is 5.69 Å². The first kappa shape index (κ1) is 9.45. The average Bonchev–Trinajstić information content (AvgIpc) is 2.30. The van der Waals surface area contributed by atoms with Gasteiger partial charge in [0.2, 0.25) is 0 Å². The van der Waals surface area contributed by atoms with Gasteiger partial charge in [-0.05, 0) is 24.3 Å². The Hall–Kier alpha value is -2.10. The summed E-state index contributed by atoms with van der Waals surface area (Å²) in [6, 6.07) is 7.26. The summed E-state index contributed by atoms with van der Waals surface area (Å²) in [6.07, 6.45) is 3.39. The fourth-order valence-corrected chi connectivity index (χ4v) is 1.32. The predicted molar refractivity (Wildman–Crippen MR) is 58.4 cm³/mol. The molecule has 0 aliphatic heterocycles. The summed E-state index contributed by atoms with van der Waals surface area (Å²) in [4.78, 5) is 8.28. The predicted octanol–water partition coefficient (Wildman–Crippen LogP) is 1.73. The molecule has 0 unspecified atom stereocenters. The van der Waals surface area contributed by atoms with Crippen LogP contribution in [-0.2, 0) is 0 Å². The topological polar surface area (TPSA) is 61.0 Å². The van der Waals surface area contributed by atoms with Crippen LogP contribution in [0, 0.1) is 0 Å². The molecule has 15 heavy (non-hydrogen) atoms. The lowest BCUT2D eigenvalue weighted by Crippen LogP contribution is -1.94. The van der Waals surface area contributed by atoms with Gasteiger partial charge < -0.3 is 10.5 Å². The number of ether oxygens (including phenoxy) is 1. The monoisotopic (exact) mass is 201 g/mol. The zero-order valence-corrected chi connectivity index (χ0v) is 8.34. The number of methoxy groups -OCH3 is 1. The van der Waals surface area contributed by atoms with E-state index in [1.54, 1.807) is 37.7 Å². The van der Waals surface area contributed by atoms with E-state index in [9.17, 15) is 0 Å². The number of aromatic nitrogens is 2. The Kier molecular flexibility index (Phi) is 2.49. The second-order valence-electron chi connectivity index (χ2n) is 3.03. The van der Waals surface area contributed by atoms with Gasteiger partial charge in [-0.2, -0.15) is 0 Å². The van der Waals surface area contributed by atoms with Crippen molar-refractivity contribution in [1.29, 1.82) is 0 Å². The maximum Gasteiger partial charge on any atom is 0.159 e. The maximum absolute atomic E-state index is 5.79. The Morgan fingerprint density at radius 1 is 1.20 bits per heavy atom. The third-order valence-corrected chi connectivity index (χ3v) is 2.05. The van der Waals surface area contributed by atoms with Crippen LogP contribution in [0.25, 0.3) is 11.4 Å². The minimum atomic E-state index is 0.586. The SMILES string of the molecule is COc1ccc(-c2ncccn2)cc1N. The molecule has 76 valence electrons. The van der Waals surface area contributed by atoms with Crippen LogP contribution >= 0.6 is 0 Å². The summed E-state index contributed by atoms with van der Waals surface area (Å²) in [6.45, 7) is 0. The zero-order valence-electron chi connectivity index (χ0n) is 8.34. The molecular weight excluding hydrogens is 190 g/mol. The van der Waals surface area contributed by atoms with Crippen molar-refractivity contribution in [3.8, 4) is 17.1 Å². The minimum absolute atomic E-state index is 0.586. The molecule has 2 N–H and O–H groups in total. The van der Waals surface area contributed by atoms with Gasteiger partial charge in [0.1, 0.15) is 5.75 Å². The van der Waals surface area contributed by atoms with E-state index in [-0.39, 0.29) is 0 Å². The van der Waals surface area contributed by atoms with E-state index >= 15 is 0 Å². The van der Waals surface area contributed by atoms with Crippen LogP contribution in [0.2, 0.25) is 0 Å². The Bertz CT molecular complexity index is 457. The van der Waals surface area contributed by atoms with E-state index in [2.05, 4.69) is 9.97 Å².